The minimum atomic E-state index is -1.20. The Kier molecular flexibility index (Phi) is 5.83. The Morgan fingerprint density at radius 1 is 1.17 bits per heavy atom. The highest BCUT2D eigenvalue weighted by molar-refractivity contribution is 8.06. The van der Waals surface area contributed by atoms with Crippen LogP contribution in [0.4, 0.5) is 4.39 Å². The molecule has 154 valence electrons. The lowest BCUT2D eigenvalue weighted by atomic mass is 10.0. The third-order valence-electron chi connectivity index (χ3n) is 4.71. The maximum Gasteiger partial charge on any atom is 0.353 e. The van der Waals surface area contributed by atoms with Crippen molar-refractivity contribution in [1.29, 1.82) is 0 Å². The summed E-state index contributed by atoms with van der Waals surface area (Å²) in [5.41, 5.74) is 0.755. The number of fused-ring (bicyclic) bond motifs is 1. The fourth-order valence-corrected chi connectivity index (χ4v) is 5.79. The Labute approximate surface area is 180 Å². The van der Waals surface area contributed by atoms with Crippen molar-refractivity contribution in [2.45, 2.75) is 22.7 Å². The number of halogens is 1. The standard InChI is InChI=1S/C21H17FN2O4S2/c22-13-6-8-14(9-7-13)30-15-11-29-20-17(19(26)24(20)18(15)21(27)28)23-16(25)10-12-4-2-1-3-5-12/h1-9,17,20H,10-11H2,(H,23,25)(H,27,28)/t17-,20-/m1/s1. The van der Waals surface area contributed by atoms with Gasteiger partial charge in [-0.3, -0.25) is 14.5 Å². The highest BCUT2D eigenvalue weighted by Gasteiger charge is 2.54. The monoisotopic (exact) mass is 444 g/mol. The van der Waals surface area contributed by atoms with Gasteiger partial charge < -0.3 is 10.4 Å². The first-order valence-electron chi connectivity index (χ1n) is 9.12. The Hall–Kier alpha value is -2.78. The second-order valence-corrected chi connectivity index (χ2v) is 9.02. The van der Waals surface area contributed by atoms with Crippen LogP contribution in [0.1, 0.15) is 5.56 Å². The van der Waals surface area contributed by atoms with E-state index in [2.05, 4.69) is 5.32 Å². The van der Waals surface area contributed by atoms with E-state index in [-0.39, 0.29) is 23.8 Å². The Bertz CT molecular complexity index is 1030. The van der Waals surface area contributed by atoms with Crippen molar-refractivity contribution in [3.05, 3.63) is 76.6 Å². The van der Waals surface area contributed by atoms with Crippen LogP contribution in [0.2, 0.25) is 0 Å². The van der Waals surface area contributed by atoms with E-state index in [1.165, 1.54) is 40.6 Å². The Morgan fingerprint density at radius 3 is 2.53 bits per heavy atom. The molecule has 0 radical (unpaired) electrons. The molecule has 2 amide bonds. The maximum absolute atomic E-state index is 13.1. The number of carbonyl (C=O) groups is 3. The number of hydrogen-bond donors (Lipinski definition) is 2. The van der Waals surface area contributed by atoms with E-state index in [1.807, 2.05) is 30.3 Å². The van der Waals surface area contributed by atoms with Gasteiger partial charge in [0, 0.05) is 15.6 Å². The van der Waals surface area contributed by atoms with Gasteiger partial charge in [0.2, 0.25) is 5.91 Å². The second kappa shape index (κ2) is 8.53. The summed E-state index contributed by atoms with van der Waals surface area (Å²) in [5.74, 6) is -1.93. The fourth-order valence-electron chi connectivity index (χ4n) is 3.32. The van der Waals surface area contributed by atoms with Gasteiger partial charge >= 0.3 is 5.97 Å². The molecule has 2 aliphatic heterocycles. The summed E-state index contributed by atoms with van der Waals surface area (Å²) in [5, 5.41) is 12.0. The molecule has 0 saturated carbocycles. The topological polar surface area (TPSA) is 86.7 Å². The average Bonchev–Trinajstić information content (AvgIpc) is 2.74. The number of carboxylic acid groups (broad SMARTS) is 1. The van der Waals surface area contributed by atoms with Crippen molar-refractivity contribution in [3.63, 3.8) is 0 Å². The van der Waals surface area contributed by atoms with Gasteiger partial charge in [-0.1, -0.05) is 42.1 Å². The van der Waals surface area contributed by atoms with Gasteiger partial charge in [-0.25, -0.2) is 9.18 Å². The Balaban J connectivity index is 1.48. The van der Waals surface area contributed by atoms with E-state index in [0.717, 1.165) is 5.56 Å². The van der Waals surface area contributed by atoms with Gasteiger partial charge in [0.25, 0.3) is 5.91 Å². The summed E-state index contributed by atoms with van der Waals surface area (Å²) in [6.07, 6.45) is 0.148. The minimum absolute atomic E-state index is 0.0772. The minimum Gasteiger partial charge on any atom is -0.477 e. The van der Waals surface area contributed by atoms with Crippen LogP contribution in [0.15, 0.2) is 70.1 Å². The molecule has 0 unspecified atom stereocenters. The molecule has 0 aromatic heterocycles. The van der Waals surface area contributed by atoms with Crippen LogP contribution < -0.4 is 5.32 Å². The number of benzene rings is 2. The van der Waals surface area contributed by atoms with Crippen LogP contribution in [0.3, 0.4) is 0 Å². The third kappa shape index (κ3) is 4.08. The molecule has 0 spiro atoms. The van der Waals surface area contributed by atoms with Crippen LogP contribution >= 0.6 is 23.5 Å². The number of β-lactam (4-membered cyclic amide) rings is 1. The molecule has 0 bridgehead atoms. The van der Waals surface area contributed by atoms with Crippen LogP contribution in [0.25, 0.3) is 0 Å². The summed E-state index contributed by atoms with van der Waals surface area (Å²) >= 11 is 2.60. The fraction of sp³-hybridized carbons (Fsp3) is 0.190. The number of rotatable bonds is 6. The van der Waals surface area contributed by atoms with Gasteiger partial charge in [-0.2, -0.15) is 0 Å². The summed E-state index contributed by atoms with van der Waals surface area (Å²) in [7, 11) is 0. The molecular weight excluding hydrogens is 427 g/mol. The number of carboxylic acids is 1. The molecule has 2 heterocycles. The molecule has 2 N–H and O–H groups in total. The molecule has 4 rings (SSSR count). The lowest BCUT2D eigenvalue weighted by Gasteiger charge is -2.49. The molecule has 0 aliphatic carbocycles. The maximum atomic E-state index is 13.1. The van der Waals surface area contributed by atoms with Crippen molar-refractivity contribution in [2.24, 2.45) is 0 Å². The summed E-state index contributed by atoms with van der Waals surface area (Å²) in [6.45, 7) is 0. The first-order chi connectivity index (χ1) is 14.4. The SMILES string of the molecule is O=C(Cc1ccccc1)N[C@@H]1C(=O)N2C(C(=O)O)=C(Sc3ccc(F)cc3)CS[C@H]12. The van der Waals surface area contributed by atoms with Gasteiger partial charge in [-0.05, 0) is 29.8 Å². The van der Waals surface area contributed by atoms with Crippen LogP contribution in [0.5, 0.6) is 0 Å². The summed E-state index contributed by atoms with van der Waals surface area (Å²) < 4.78 is 13.1. The van der Waals surface area contributed by atoms with E-state index < -0.39 is 23.3 Å². The predicted octanol–water partition coefficient (Wildman–Crippen LogP) is 2.86. The highest BCUT2D eigenvalue weighted by Crippen LogP contribution is 2.45. The number of hydrogen-bond acceptors (Lipinski definition) is 5. The molecule has 2 aliphatic rings. The van der Waals surface area contributed by atoms with Gasteiger partial charge in [-0.15, -0.1) is 11.8 Å². The van der Waals surface area contributed by atoms with Crippen LogP contribution in [0, 0.1) is 5.82 Å². The number of thioether (sulfide) groups is 2. The molecule has 30 heavy (non-hydrogen) atoms. The normalized spacial score (nSPS) is 20.4. The largest absolute Gasteiger partial charge is 0.477 e. The van der Waals surface area contributed by atoms with Crippen LogP contribution in [-0.2, 0) is 20.8 Å². The van der Waals surface area contributed by atoms with E-state index >= 15 is 0 Å². The quantitative estimate of drug-likeness (QED) is 0.667. The average molecular weight is 445 g/mol. The molecule has 2 aromatic rings. The predicted molar refractivity (Wildman–Crippen MR) is 112 cm³/mol. The smallest absolute Gasteiger partial charge is 0.353 e. The molecule has 9 heteroatoms. The number of amides is 2. The first kappa shape index (κ1) is 20.5. The highest BCUT2D eigenvalue weighted by atomic mass is 32.2. The molecule has 1 saturated heterocycles. The number of nitrogens with zero attached hydrogens (tertiary/aromatic N) is 1. The molecule has 6 nitrogen and oxygen atoms in total. The van der Waals surface area contributed by atoms with Crippen LogP contribution in [-0.4, -0.2) is 45.0 Å². The van der Waals surface area contributed by atoms with E-state index in [9.17, 15) is 23.9 Å². The number of aliphatic carboxylic acids is 1. The number of carbonyl (C=O) groups excluding carboxylic acids is 2. The lowest BCUT2D eigenvalue weighted by Crippen LogP contribution is -2.70. The van der Waals surface area contributed by atoms with Crippen molar-refractivity contribution >= 4 is 41.3 Å². The zero-order valence-corrected chi connectivity index (χ0v) is 17.2. The lowest BCUT2D eigenvalue weighted by molar-refractivity contribution is -0.150. The van der Waals surface area contributed by atoms with Crippen molar-refractivity contribution in [1.82, 2.24) is 10.2 Å². The van der Waals surface area contributed by atoms with Gasteiger partial charge in [0.1, 0.15) is 22.9 Å². The molecule has 1 fully saturated rings. The Morgan fingerprint density at radius 2 is 1.87 bits per heavy atom. The van der Waals surface area contributed by atoms with Crippen molar-refractivity contribution in [2.75, 3.05) is 5.75 Å². The molecular formula is C21H17FN2O4S2. The van der Waals surface area contributed by atoms with Crippen molar-refractivity contribution in [3.8, 4) is 0 Å². The first-order valence-corrected chi connectivity index (χ1v) is 11.0. The molecule has 2 atom stereocenters. The van der Waals surface area contributed by atoms with Crippen molar-refractivity contribution < 1.29 is 23.9 Å². The molecule has 2 aromatic carbocycles. The second-order valence-electron chi connectivity index (χ2n) is 6.75. The summed E-state index contributed by atoms with van der Waals surface area (Å²) in [4.78, 5) is 39.3. The summed E-state index contributed by atoms with van der Waals surface area (Å²) in [6, 6.07) is 14.2. The number of nitrogens with one attached hydrogen (secondary N) is 1. The zero-order chi connectivity index (χ0) is 21.3. The van der Waals surface area contributed by atoms with Gasteiger partial charge in [0.15, 0.2) is 0 Å². The van der Waals surface area contributed by atoms with E-state index in [4.69, 9.17) is 0 Å². The van der Waals surface area contributed by atoms with E-state index in [1.54, 1.807) is 12.1 Å². The zero-order valence-electron chi connectivity index (χ0n) is 15.6. The van der Waals surface area contributed by atoms with E-state index in [0.29, 0.717) is 15.6 Å². The third-order valence-corrected chi connectivity index (χ3v) is 7.27. The van der Waals surface area contributed by atoms with Gasteiger partial charge in [0.05, 0.1) is 6.42 Å².